The van der Waals surface area contributed by atoms with Gasteiger partial charge in [0.05, 0.1) is 37.0 Å². The Morgan fingerprint density at radius 1 is 1.11 bits per heavy atom. The summed E-state index contributed by atoms with van der Waals surface area (Å²) in [6.07, 6.45) is 4.91. The highest BCUT2D eigenvalue weighted by Gasteiger charge is 2.42. The molecular weight excluding hydrogens is 509 g/mol. The van der Waals surface area contributed by atoms with Crippen LogP contribution in [-0.4, -0.2) is 40.0 Å². The number of hydrogen-bond acceptors (Lipinski definition) is 7. The summed E-state index contributed by atoms with van der Waals surface area (Å²) in [5, 5.41) is 3.77. The monoisotopic (exact) mass is 551 g/mol. The van der Waals surface area contributed by atoms with Gasteiger partial charge in [0.25, 0.3) is 0 Å². The van der Waals surface area contributed by atoms with Gasteiger partial charge in [-0.25, -0.2) is 8.42 Å². The van der Waals surface area contributed by atoms with E-state index < -0.39 is 23.0 Å². The van der Waals surface area contributed by atoms with Crippen LogP contribution in [0.25, 0.3) is 6.08 Å². The minimum absolute atomic E-state index is 0. The van der Waals surface area contributed by atoms with Gasteiger partial charge in [-0.15, -0.1) is 0 Å². The van der Waals surface area contributed by atoms with E-state index >= 15 is 0 Å². The molecule has 0 saturated heterocycles. The Hall–Kier alpha value is -1.96. The van der Waals surface area contributed by atoms with Crippen molar-refractivity contribution < 1.29 is 28.2 Å². The molecule has 9 heteroatoms. The van der Waals surface area contributed by atoms with Crippen LogP contribution in [0.2, 0.25) is 0 Å². The van der Waals surface area contributed by atoms with Gasteiger partial charge in [0.15, 0.2) is 9.84 Å². The Labute approximate surface area is 223 Å². The number of fused-ring (bicyclic) bond motifs is 1. The molecule has 0 saturated carbocycles. The zero-order valence-electron chi connectivity index (χ0n) is 22.5. The summed E-state index contributed by atoms with van der Waals surface area (Å²) in [6, 6.07) is 13.0. The molecule has 2 atom stereocenters. The van der Waals surface area contributed by atoms with Crippen LogP contribution in [0.15, 0.2) is 53.2 Å². The summed E-state index contributed by atoms with van der Waals surface area (Å²) in [7, 11) is -5.62. The van der Waals surface area contributed by atoms with E-state index in [1.165, 1.54) is 12.9 Å². The van der Waals surface area contributed by atoms with Gasteiger partial charge in [-0.3, -0.25) is 9.88 Å². The molecular formula is C28H42NO6PS. The summed E-state index contributed by atoms with van der Waals surface area (Å²) < 4.78 is 57.4. The molecule has 206 valence electrons. The quantitative estimate of drug-likeness (QED) is 0.285. The van der Waals surface area contributed by atoms with Crippen LogP contribution in [-0.2, 0) is 23.4 Å². The van der Waals surface area contributed by atoms with Crippen LogP contribution in [0.5, 0.6) is 5.75 Å². The molecule has 0 aliphatic carbocycles. The molecule has 0 aromatic heterocycles. The number of ether oxygens (including phenoxy) is 1. The van der Waals surface area contributed by atoms with Gasteiger partial charge in [-0.1, -0.05) is 57.0 Å². The Morgan fingerprint density at radius 2 is 1.78 bits per heavy atom. The van der Waals surface area contributed by atoms with Crippen LogP contribution in [0.4, 0.5) is 0 Å². The minimum atomic E-state index is -3.67. The van der Waals surface area contributed by atoms with Crippen LogP contribution in [0.3, 0.4) is 0 Å². The van der Waals surface area contributed by atoms with Gasteiger partial charge in [0.2, 0.25) is 0 Å². The first-order valence-electron chi connectivity index (χ1n) is 13.0. The Balaban J connectivity index is 0.00000507. The second kappa shape index (κ2) is 12.7. The fourth-order valence-electron chi connectivity index (χ4n) is 4.86. The number of benzene rings is 2. The van der Waals surface area contributed by atoms with E-state index in [1.807, 2.05) is 37.3 Å². The Morgan fingerprint density at radius 3 is 2.35 bits per heavy atom. The molecule has 3 rings (SSSR count). The Bertz CT molecular complexity index is 1230. The van der Waals surface area contributed by atoms with Gasteiger partial charge in [-0.2, -0.15) is 0 Å². The highest BCUT2D eigenvalue weighted by atomic mass is 32.2. The maximum Gasteiger partial charge on any atom is 0.354 e. The predicted molar refractivity (Wildman–Crippen MR) is 151 cm³/mol. The zero-order valence-corrected chi connectivity index (χ0v) is 24.2. The van der Waals surface area contributed by atoms with Crippen molar-refractivity contribution in [1.82, 2.24) is 5.32 Å². The molecule has 0 fully saturated rings. The van der Waals surface area contributed by atoms with Gasteiger partial charge < -0.3 is 13.8 Å². The molecule has 1 aliphatic heterocycles. The normalized spacial score (nSPS) is 21.5. The van der Waals surface area contributed by atoms with Crippen LogP contribution >= 0.6 is 7.60 Å². The number of sulfone groups is 1. The van der Waals surface area contributed by atoms with E-state index in [0.717, 1.165) is 24.8 Å². The van der Waals surface area contributed by atoms with E-state index in [0.29, 0.717) is 23.3 Å². The fourth-order valence-corrected chi connectivity index (χ4v) is 8.33. The second-order valence-electron chi connectivity index (χ2n) is 9.31. The lowest BCUT2D eigenvalue weighted by Crippen LogP contribution is -2.50. The molecule has 0 amide bonds. The maximum absolute atomic E-state index is 14.0. The Kier molecular flexibility index (Phi) is 10.2. The predicted octanol–water partition coefficient (Wildman–Crippen LogP) is 6.98. The summed E-state index contributed by atoms with van der Waals surface area (Å²) in [5.74, 6) is 1.85. The number of methoxy groups -OCH3 is 1. The molecule has 0 radical (unpaired) electrons. The lowest BCUT2D eigenvalue weighted by molar-refractivity contribution is 0.229. The first-order valence-corrected chi connectivity index (χ1v) is 16.3. The molecule has 0 spiro atoms. The molecule has 0 bridgehead atoms. The van der Waals surface area contributed by atoms with Crippen molar-refractivity contribution in [3.05, 3.63) is 65.0 Å². The third-order valence-corrected chi connectivity index (χ3v) is 10.5. The zero-order chi connectivity index (χ0) is 27.1. The highest BCUT2D eigenvalue weighted by Crippen LogP contribution is 2.50. The van der Waals surface area contributed by atoms with Crippen molar-refractivity contribution >= 4 is 23.5 Å². The fraction of sp³-hybridized carbons (Fsp3) is 0.500. The number of nitrogens with one attached hydrogen (secondary N) is 1. The van der Waals surface area contributed by atoms with Crippen molar-refractivity contribution in [2.75, 3.05) is 26.1 Å². The topological polar surface area (TPSA) is 90.9 Å². The third-order valence-electron chi connectivity index (χ3n) is 6.80. The number of rotatable bonds is 12. The molecule has 1 aliphatic rings. The summed E-state index contributed by atoms with van der Waals surface area (Å²) in [6.45, 7) is 8.08. The lowest BCUT2D eigenvalue weighted by atomic mass is 9.88. The minimum Gasteiger partial charge on any atom is -0.496 e. The van der Waals surface area contributed by atoms with Crippen molar-refractivity contribution in [2.24, 2.45) is 0 Å². The molecule has 0 unspecified atom stereocenters. The first-order chi connectivity index (χ1) is 17.7. The van der Waals surface area contributed by atoms with Gasteiger partial charge in [0.1, 0.15) is 5.75 Å². The van der Waals surface area contributed by atoms with Gasteiger partial charge in [0, 0.05) is 18.3 Å². The van der Waals surface area contributed by atoms with Crippen LogP contribution in [0, 0.1) is 0 Å². The SMILES string of the molecule is CCCC[C@]1(CC)CS(=O)(=O)c2cc(/C=C/P(=O)(OCC)OCC)c(OC)cc2[C@@H](c2ccccc2)N1.[HH]. The van der Waals surface area contributed by atoms with Gasteiger partial charge in [-0.05, 0) is 56.0 Å². The van der Waals surface area contributed by atoms with E-state index in [2.05, 4.69) is 12.2 Å². The maximum atomic E-state index is 14.0. The molecule has 2 aromatic carbocycles. The summed E-state index contributed by atoms with van der Waals surface area (Å²) in [5.41, 5.74) is 1.55. The average molecular weight is 552 g/mol. The van der Waals surface area contributed by atoms with Gasteiger partial charge >= 0.3 is 7.60 Å². The molecule has 1 N–H and O–H groups in total. The smallest absolute Gasteiger partial charge is 0.354 e. The van der Waals surface area contributed by atoms with E-state index in [1.54, 1.807) is 32.1 Å². The van der Waals surface area contributed by atoms with E-state index in [9.17, 15) is 13.0 Å². The highest BCUT2D eigenvalue weighted by molar-refractivity contribution is 7.91. The number of unbranched alkanes of at least 4 members (excludes halogenated alkanes) is 1. The van der Waals surface area contributed by atoms with Crippen LogP contribution < -0.4 is 10.1 Å². The standard InChI is InChI=1S/C28H40NO6PS.H2/c1-6-10-17-28(7-2)21-37(31,32)26-19-23(16-18-36(30,34-8-3)35-9-4)25(33-5)20-24(26)27(29-28)22-14-12-11-13-15-22;/h11-16,18-20,27,29H,6-10,17,21H2,1-5H3;1H/b18-16+;/t27-,28-;/m1./s1. The summed E-state index contributed by atoms with van der Waals surface area (Å²) in [4.78, 5) is 0.253. The molecule has 37 heavy (non-hydrogen) atoms. The molecule has 1 heterocycles. The second-order valence-corrected chi connectivity index (χ2v) is 13.2. The van der Waals surface area contributed by atoms with Crippen molar-refractivity contribution in [1.29, 1.82) is 0 Å². The molecule has 2 aromatic rings. The van der Waals surface area contributed by atoms with Crippen molar-refractivity contribution in [3.8, 4) is 5.75 Å². The van der Waals surface area contributed by atoms with Crippen LogP contribution in [0.1, 0.15) is 77.5 Å². The van der Waals surface area contributed by atoms with Crippen molar-refractivity contribution in [2.45, 2.75) is 69.9 Å². The number of hydrogen-bond donors (Lipinski definition) is 1. The van der Waals surface area contributed by atoms with E-state index in [-0.39, 0.29) is 31.3 Å². The molecule has 7 nitrogen and oxygen atoms in total. The van der Waals surface area contributed by atoms with E-state index in [4.69, 9.17) is 13.8 Å². The lowest BCUT2D eigenvalue weighted by Gasteiger charge is -2.36. The largest absolute Gasteiger partial charge is 0.496 e. The average Bonchev–Trinajstić information content (AvgIpc) is 2.98. The third kappa shape index (κ3) is 6.92. The van der Waals surface area contributed by atoms with Crippen molar-refractivity contribution in [3.63, 3.8) is 0 Å². The summed E-state index contributed by atoms with van der Waals surface area (Å²) >= 11 is 0. The first kappa shape index (κ1) is 29.6.